The Balaban J connectivity index is 1.95. The Hall–Kier alpha value is -2.38. The molecule has 28 heavy (non-hydrogen) atoms. The Morgan fingerprint density at radius 1 is 1.29 bits per heavy atom. The summed E-state index contributed by atoms with van der Waals surface area (Å²) in [5.74, 6) is 0.282. The van der Waals surface area contributed by atoms with Crippen LogP contribution in [0, 0.1) is 5.82 Å². The Kier molecular flexibility index (Phi) is 5.76. The number of benzene rings is 1. The van der Waals surface area contributed by atoms with Crippen LogP contribution < -0.4 is 5.32 Å². The lowest BCUT2D eigenvalue weighted by Gasteiger charge is -2.27. The number of rotatable bonds is 7. The average molecular weight is 407 g/mol. The number of methoxy groups -OCH3 is 1. The molecule has 0 aliphatic heterocycles. The number of nitrogens with zero attached hydrogens (tertiary/aromatic N) is 3. The third-order valence-corrected chi connectivity index (χ3v) is 4.71. The summed E-state index contributed by atoms with van der Waals surface area (Å²) < 4.78 is 20.0. The van der Waals surface area contributed by atoms with Crippen molar-refractivity contribution in [1.29, 1.82) is 0 Å². The topological polar surface area (TPSA) is 72.2 Å². The van der Waals surface area contributed by atoms with E-state index in [1.165, 1.54) is 12.1 Å². The van der Waals surface area contributed by atoms with Crippen molar-refractivity contribution in [2.75, 3.05) is 19.0 Å². The zero-order valence-electron chi connectivity index (χ0n) is 16.3. The fourth-order valence-electron chi connectivity index (χ4n) is 3.29. The summed E-state index contributed by atoms with van der Waals surface area (Å²) in [6, 6.07) is 6.32. The maximum Gasteiger partial charge on any atom is 0.225 e. The number of aromatic nitrogens is 3. The molecule has 3 rings (SSSR count). The van der Waals surface area contributed by atoms with Gasteiger partial charge in [0, 0.05) is 18.8 Å². The van der Waals surface area contributed by atoms with Crippen molar-refractivity contribution in [3.05, 3.63) is 47.1 Å². The lowest BCUT2D eigenvalue weighted by molar-refractivity contribution is 0.158. The molecule has 2 heterocycles. The lowest BCUT2D eigenvalue weighted by atomic mass is 9.95. The van der Waals surface area contributed by atoms with Crippen LogP contribution >= 0.6 is 11.6 Å². The summed E-state index contributed by atoms with van der Waals surface area (Å²) in [6.45, 7) is 6.41. The molecule has 2 aromatic heterocycles. The monoisotopic (exact) mass is 406 g/mol. The van der Waals surface area contributed by atoms with E-state index in [0.717, 1.165) is 5.56 Å². The van der Waals surface area contributed by atoms with Gasteiger partial charge in [0.2, 0.25) is 11.2 Å². The van der Waals surface area contributed by atoms with Gasteiger partial charge in [-0.05, 0) is 56.5 Å². The summed E-state index contributed by atoms with van der Waals surface area (Å²) >= 11 is 6.10. The van der Waals surface area contributed by atoms with Gasteiger partial charge in [0.15, 0.2) is 0 Å². The fraction of sp³-hybridized carbons (Fsp3) is 0.400. The van der Waals surface area contributed by atoms with E-state index in [1.54, 1.807) is 30.0 Å². The molecule has 1 atom stereocenters. The van der Waals surface area contributed by atoms with E-state index in [0.29, 0.717) is 29.7 Å². The molecule has 1 unspecified atom stereocenters. The maximum atomic E-state index is 13.2. The zero-order valence-corrected chi connectivity index (χ0v) is 17.1. The normalized spacial score (nSPS) is 13.1. The first kappa shape index (κ1) is 20.4. The van der Waals surface area contributed by atoms with Crippen molar-refractivity contribution in [2.45, 2.75) is 38.8 Å². The molecule has 6 nitrogen and oxygen atoms in total. The number of aromatic hydroxyl groups is 1. The van der Waals surface area contributed by atoms with Crippen molar-refractivity contribution < 1.29 is 14.2 Å². The number of nitrogens with one attached hydrogen (secondary N) is 1. The van der Waals surface area contributed by atoms with Crippen molar-refractivity contribution >= 4 is 28.3 Å². The van der Waals surface area contributed by atoms with Crippen molar-refractivity contribution in [3.8, 4) is 5.88 Å². The maximum absolute atomic E-state index is 13.2. The minimum Gasteiger partial charge on any atom is -0.493 e. The summed E-state index contributed by atoms with van der Waals surface area (Å²) in [5.41, 5.74) is 0.964. The quantitative estimate of drug-likeness (QED) is 0.562. The molecular weight excluding hydrogens is 383 g/mol. The average Bonchev–Trinajstić information content (AvgIpc) is 2.94. The van der Waals surface area contributed by atoms with Crippen molar-refractivity contribution in [1.82, 2.24) is 14.5 Å². The second-order valence-corrected chi connectivity index (χ2v) is 7.92. The van der Waals surface area contributed by atoms with Gasteiger partial charge in [-0.25, -0.2) is 14.4 Å². The molecule has 0 saturated carbocycles. The Morgan fingerprint density at radius 2 is 1.96 bits per heavy atom. The van der Waals surface area contributed by atoms with Gasteiger partial charge < -0.3 is 19.7 Å². The molecule has 0 bridgehead atoms. The van der Waals surface area contributed by atoms with Gasteiger partial charge in [-0.3, -0.25) is 0 Å². The highest BCUT2D eigenvalue weighted by atomic mass is 35.5. The van der Waals surface area contributed by atoms with Gasteiger partial charge >= 0.3 is 0 Å². The third-order valence-electron chi connectivity index (χ3n) is 4.54. The molecule has 0 aliphatic rings. The van der Waals surface area contributed by atoms with E-state index in [1.807, 2.05) is 20.8 Å². The van der Waals surface area contributed by atoms with Crippen LogP contribution in [0.4, 0.5) is 10.2 Å². The number of fused-ring (bicyclic) bond motifs is 1. The molecule has 2 N–H and O–H groups in total. The minimum absolute atomic E-state index is 0.0169. The summed E-state index contributed by atoms with van der Waals surface area (Å²) in [5, 5.41) is 14.7. The first-order valence-electron chi connectivity index (χ1n) is 8.99. The Morgan fingerprint density at radius 3 is 2.61 bits per heavy atom. The summed E-state index contributed by atoms with van der Waals surface area (Å²) in [7, 11) is 1.61. The molecule has 150 valence electrons. The van der Waals surface area contributed by atoms with E-state index in [4.69, 9.17) is 16.3 Å². The molecule has 0 saturated heterocycles. The minimum atomic E-state index is -0.404. The van der Waals surface area contributed by atoms with Crippen LogP contribution in [0.25, 0.3) is 10.9 Å². The van der Waals surface area contributed by atoms with Crippen LogP contribution in [0.3, 0.4) is 0 Å². The van der Waals surface area contributed by atoms with E-state index in [-0.39, 0.29) is 23.0 Å². The number of anilines is 1. The first-order chi connectivity index (χ1) is 13.2. The fourth-order valence-corrected chi connectivity index (χ4v) is 3.46. The summed E-state index contributed by atoms with van der Waals surface area (Å²) in [6.07, 6.45) is 2.43. The highest BCUT2D eigenvalue weighted by Gasteiger charge is 2.24. The Labute approximate surface area is 168 Å². The highest BCUT2D eigenvalue weighted by Crippen LogP contribution is 2.34. The van der Waals surface area contributed by atoms with Gasteiger partial charge in [0.05, 0.1) is 18.0 Å². The smallest absolute Gasteiger partial charge is 0.225 e. The van der Waals surface area contributed by atoms with Crippen LogP contribution in [0.5, 0.6) is 5.88 Å². The van der Waals surface area contributed by atoms with Gasteiger partial charge in [-0.15, -0.1) is 0 Å². The van der Waals surface area contributed by atoms with Crippen LogP contribution in [0.15, 0.2) is 30.5 Å². The van der Waals surface area contributed by atoms with Gasteiger partial charge in [0.25, 0.3) is 0 Å². The number of halogens is 2. The molecule has 8 heteroatoms. The van der Waals surface area contributed by atoms with Gasteiger partial charge in [0.1, 0.15) is 17.2 Å². The van der Waals surface area contributed by atoms with Gasteiger partial charge in [-0.1, -0.05) is 12.1 Å². The van der Waals surface area contributed by atoms with Gasteiger partial charge in [-0.2, -0.15) is 0 Å². The molecule has 0 amide bonds. The van der Waals surface area contributed by atoms with Crippen molar-refractivity contribution in [3.63, 3.8) is 0 Å². The number of hydrogen-bond donors (Lipinski definition) is 2. The predicted octanol–water partition coefficient (Wildman–Crippen LogP) is 4.57. The molecule has 3 aromatic rings. The third kappa shape index (κ3) is 4.36. The van der Waals surface area contributed by atoms with E-state index in [2.05, 4.69) is 15.3 Å². The second-order valence-electron chi connectivity index (χ2n) is 7.58. The Bertz CT molecular complexity index is 972. The molecule has 1 aromatic carbocycles. The largest absolute Gasteiger partial charge is 0.493 e. The second kappa shape index (κ2) is 7.93. The summed E-state index contributed by atoms with van der Waals surface area (Å²) in [4.78, 5) is 8.51. The number of hydrogen-bond acceptors (Lipinski definition) is 5. The van der Waals surface area contributed by atoms with E-state index in [9.17, 15) is 9.50 Å². The first-order valence-corrected chi connectivity index (χ1v) is 9.36. The standard InChI is InChI=1S/C20H24ClFN4O2/c1-12(11-28-4)26-10-15-16(18(26)27)23-19(21)24-17(15)25-20(2,3)9-13-5-7-14(22)8-6-13/h5-8,10,12,27H,9,11H2,1-4H3,(H,23,24,25). The molecular formula is C20H24ClFN4O2. The van der Waals surface area contributed by atoms with E-state index >= 15 is 0 Å². The van der Waals surface area contributed by atoms with Crippen molar-refractivity contribution in [2.24, 2.45) is 0 Å². The molecule has 0 radical (unpaired) electrons. The molecule has 0 spiro atoms. The molecule has 0 fully saturated rings. The van der Waals surface area contributed by atoms with Crippen LogP contribution in [0.2, 0.25) is 5.28 Å². The van der Waals surface area contributed by atoms with Crippen LogP contribution in [0.1, 0.15) is 32.4 Å². The van der Waals surface area contributed by atoms with Crippen LogP contribution in [-0.2, 0) is 11.2 Å². The lowest BCUT2D eigenvalue weighted by Crippen LogP contribution is -2.34. The zero-order chi connectivity index (χ0) is 20.5. The van der Waals surface area contributed by atoms with Crippen LogP contribution in [-0.4, -0.2) is 38.9 Å². The highest BCUT2D eigenvalue weighted by molar-refractivity contribution is 6.29. The SMILES string of the molecule is COCC(C)n1cc2c(NC(C)(C)Cc3ccc(F)cc3)nc(Cl)nc2c1O. The number of ether oxygens (including phenoxy) is 1. The van der Waals surface area contributed by atoms with E-state index < -0.39 is 5.54 Å². The molecule has 0 aliphatic carbocycles. The predicted molar refractivity (Wildman–Crippen MR) is 109 cm³/mol.